The number of benzene rings is 2. The molecule has 1 fully saturated rings. The summed E-state index contributed by atoms with van der Waals surface area (Å²) in [4.78, 5) is 41.2. The van der Waals surface area contributed by atoms with Gasteiger partial charge in [0.05, 0.1) is 18.2 Å². The molecular weight excluding hydrogens is 468 g/mol. The van der Waals surface area contributed by atoms with Crippen molar-refractivity contribution in [3.63, 3.8) is 0 Å². The molecule has 8 heteroatoms. The number of rotatable bonds is 8. The molecule has 0 spiro atoms. The van der Waals surface area contributed by atoms with E-state index in [1.54, 1.807) is 9.80 Å². The number of carbonyl (C=O) groups excluding carboxylic acids is 2. The number of aliphatic carboxylic acids is 1. The number of amides is 2. The molecule has 0 radical (unpaired) electrons. The highest BCUT2D eigenvalue weighted by Gasteiger charge is 2.51. The average Bonchev–Trinajstić information content (AvgIpc) is 2.82. The number of halogens is 1. The number of fused-ring (bicyclic) bond motifs is 2. The van der Waals surface area contributed by atoms with E-state index >= 15 is 0 Å². The van der Waals surface area contributed by atoms with E-state index in [1.807, 2.05) is 56.3 Å². The predicted octanol–water partition coefficient (Wildman–Crippen LogP) is 5.73. The van der Waals surface area contributed by atoms with Gasteiger partial charge in [-0.25, -0.2) is 4.79 Å². The van der Waals surface area contributed by atoms with E-state index < -0.39 is 12.1 Å². The summed E-state index contributed by atoms with van der Waals surface area (Å²) in [6, 6.07) is 12.9. The Morgan fingerprint density at radius 3 is 2.51 bits per heavy atom. The number of nitrogens with zero attached hydrogens (tertiary/aromatic N) is 2. The van der Waals surface area contributed by atoms with E-state index in [0.717, 1.165) is 36.0 Å². The Balaban J connectivity index is 1.68. The lowest BCUT2D eigenvalue weighted by atomic mass is 9.68. The summed E-state index contributed by atoms with van der Waals surface area (Å²) >= 11 is 6.53. The lowest BCUT2D eigenvalue weighted by Crippen LogP contribution is -2.59. The SMILES string of the molecule is CCCN(C(=O)CCC(=O)O)C1c2cc(Cl)c(C)cc2N(C(=O)OCc2ccccc2)C2CCC12. The maximum Gasteiger partial charge on any atom is 0.414 e. The third kappa shape index (κ3) is 5.15. The number of hydrogen-bond acceptors (Lipinski definition) is 4. The van der Waals surface area contributed by atoms with E-state index in [4.69, 9.17) is 21.4 Å². The monoisotopic (exact) mass is 498 g/mol. The molecular formula is C27H31ClN2O5. The Morgan fingerprint density at radius 2 is 1.89 bits per heavy atom. The quantitative estimate of drug-likeness (QED) is 0.502. The number of anilines is 1. The van der Waals surface area contributed by atoms with Gasteiger partial charge in [-0.1, -0.05) is 48.9 Å². The summed E-state index contributed by atoms with van der Waals surface area (Å²) in [6.07, 6.45) is 1.73. The molecule has 2 aliphatic rings. The van der Waals surface area contributed by atoms with Crippen molar-refractivity contribution >= 4 is 35.3 Å². The lowest BCUT2D eigenvalue weighted by molar-refractivity contribution is -0.143. The second-order valence-corrected chi connectivity index (χ2v) is 9.71. The zero-order valence-corrected chi connectivity index (χ0v) is 20.8. The van der Waals surface area contributed by atoms with Crippen molar-refractivity contribution in [3.8, 4) is 0 Å². The zero-order valence-electron chi connectivity index (χ0n) is 20.1. The molecule has 1 saturated carbocycles. The van der Waals surface area contributed by atoms with Crippen LogP contribution in [0.5, 0.6) is 0 Å². The van der Waals surface area contributed by atoms with Gasteiger partial charge in [-0.15, -0.1) is 0 Å². The van der Waals surface area contributed by atoms with Crippen LogP contribution in [0.25, 0.3) is 0 Å². The normalized spacial score (nSPS) is 20.3. The first-order valence-corrected chi connectivity index (χ1v) is 12.5. The molecule has 0 bridgehead atoms. The molecule has 1 heterocycles. The Morgan fingerprint density at radius 1 is 1.14 bits per heavy atom. The summed E-state index contributed by atoms with van der Waals surface area (Å²) in [7, 11) is 0. The first-order valence-electron chi connectivity index (χ1n) is 12.1. The molecule has 2 aromatic carbocycles. The van der Waals surface area contributed by atoms with Gasteiger partial charge in [-0.3, -0.25) is 14.5 Å². The van der Waals surface area contributed by atoms with Gasteiger partial charge in [0.25, 0.3) is 0 Å². The number of carbonyl (C=O) groups is 3. The summed E-state index contributed by atoms with van der Waals surface area (Å²) < 4.78 is 5.71. The minimum absolute atomic E-state index is 0.0332. The zero-order chi connectivity index (χ0) is 25.1. The molecule has 1 aliphatic carbocycles. The van der Waals surface area contributed by atoms with Crippen LogP contribution in [0.15, 0.2) is 42.5 Å². The van der Waals surface area contributed by atoms with Crippen molar-refractivity contribution in [3.05, 3.63) is 64.2 Å². The molecule has 35 heavy (non-hydrogen) atoms. The second kappa shape index (κ2) is 10.7. The number of aryl methyl sites for hydroxylation is 1. The molecule has 1 N–H and O–H groups in total. The van der Waals surface area contributed by atoms with E-state index in [9.17, 15) is 14.4 Å². The van der Waals surface area contributed by atoms with Gasteiger partial charge in [-0.2, -0.15) is 0 Å². The molecule has 2 amide bonds. The van der Waals surface area contributed by atoms with Crippen LogP contribution in [-0.4, -0.2) is 40.6 Å². The molecule has 4 rings (SSSR count). The second-order valence-electron chi connectivity index (χ2n) is 9.30. The number of carboxylic acid groups (broad SMARTS) is 1. The van der Waals surface area contributed by atoms with Gasteiger partial charge >= 0.3 is 12.1 Å². The minimum Gasteiger partial charge on any atom is -0.481 e. The Kier molecular flexibility index (Phi) is 7.65. The summed E-state index contributed by atoms with van der Waals surface area (Å²) in [6.45, 7) is 4.57. The van der Waals surface area contributed by atoms with E-state index in [0.29, 0.717) is 17.3 Å². The van der Waals surface area contributed by atoms with Gasteiger partial charge in [0.1, 0.15) is 6.61 Å². The lowest BCUT2D eigenvalue weighted by Gasteiger charge is -2.54. The van der Waals surface area contributed by atoms with Crippen LogP contribution >= 0.6 is 11.6 Å². The number of hydrogen-bond donors (Lipinski definition) is 1. The topological polar surface area (TPSA) is 87.2 Å². The van der Waals surface area contributed by atoms with E-state index in [2.05, 4.69) is 0 Å². The molecule has 7 nitrogen and oxygen atoms in total. The van der Waals surface area contributed by atoms with Gasteiger partial charge in [0.2, 0.25) is 5.91 Å². The van der Waals surface area contributed by atoms with Crippen LogP contribution in [0.1, 0.15) is 61.8 Å². The fourth-order valence-corrected chi connectivity index (χ4v) is 5.34. The molecule has 3 unspecified atom stereocenters. The van der Waals surface area contributed by atoms with Crippen molar-refractivity contribution in [2.45, 2.75) is 64.6 Å². The highest BCUT2D eigenvalue weighted by molar-refractivity contribution is 6.31. The third-order valence-corrected chi connectivity index (χ3v) is 7.40. The van der Waals surface area contributed by atoms with Gasteiger partial charge in [0, 0.05) is 35.5 Å². The fraction of sp³-hybridized carbons (Fsp3) is 0.444. The molecule has 0 saturated heterocycles. The van der Waals surface area contributed by atoms with Crippen molar-refractivity contribution in [1.29, 1.82) is 0 Å². The van der Waals surface area contributed by atoms with E-state index in [-0.39, 0.29) is 43.4 Å². The van der Waals surface area contributed by atoms with Crippen LogP contribution < -0.4 is 4.90 Å². The van der Waals surface area contributed by atoms with Gasteiger partial charge < -0.3 is 14.7 Å². The highest BCUT2D eigenvalue weighted by Crippen LogP contribution is 2.53. The average molecular weight is 499 g/mol. The third-order valence-electron chi connectivity index (χ3n) is 6.99. The Labute approximate surface area is 210 Å². The molecule has 1 aliphatic heterocycles. The summed E-state index contributed by atoms with van der Waals surface area (Å²) in [5.74, 6) is -1.15. The van der Waals surface area contributed by atoms with Crippen LogP contribution in [0, 0.1) is 12.8 Å². The van der Waals surface area contributed by atoms with Crippen molar-refractivity contribution in [2.24, 2.45) is 5.92 Å². The fourth-order valence-electron chi connectivity index (χ4n) is 5.17. The van der Waals surface area contributed by atoms with Crippen molar-refractivity contribution in [1.82, 2.24) is 4.90 Å². The van der Waals surface area contributed by atoms with Gasteiger partial charge in [0.15, 0.2) is 0 Å². The predicted molar refractivity (Wildman–Crippen MR) is 133 cm³/mol. The Hall–Kier alpha value is -3.06. The van der Waals surface area contributed by atoms with Crippen LogP contribution in [0.3, 0.4) is 0 Å². The standard InChI is InChI=1S/C27H31ClN2O5/c1-3-13-29(24(31)11-12-25(32)33)26-19-9-10-22(19)30(23-14-17(2)21(28)15-20(23)26)27(34)35-16-18-7-5-4-6-8-18/h4-8,14-15,19,22,26H,3,9-13,16H2,1-2H3,(H,32,33). The molecule has 186 valence electrons. The van der Waals surface area contributed by atoms with Crippen LogP contribution in [0.2, 0.25) is 5.02 Å². The largest absolute Gasteiger partial charge is 0.481 e. The maximum atomic E-state index is 13.4. The smallest absolute Gasteiger partial charge is 0.414 e. The first kappa shape index (κ1) is 25.0. The van der Waals surface area contributed by atoms with Crippen LogP contribution in [0.4, 0.5) is 10.5 Å². The van der Waals surface area contributed by atoms with Crippen molar-refractivity contribution in [2.75, 3.05) is 11.4 Å². The van der Waals surface area contributed by atoms with E-state index in [1.165, 1.54) is 0 Å². The Bertz CT molecular complexity index is 1110. The molecule has 0 aromatic heterocycles. The number of ether oxygens (including phenoxy) is 1. The summed E-state index contributed by atoms with van der Waals surface area (Å²) in [5, 5.41) is 9.66. The van der Waals surface area contributed by atoms with Crippen molar-refractivity contribution < 1.29 is 24.2 Å². The molecule has 3 atom stereocenters. The summed E-state index contributed by atoms with van der Waals surface area (Å²) in [5.41, 5.74) is 3.27. The first-order chi connectivity index (χ1) is 16.8. The minimum atomic E-state index is -0.994. The van der Waals surface area contributed by atoms with Gasteiger partial charge in [-0.05, 0) is 49.4 Å². The molecule has 2 aromatic rings. The highest BCUT2D eigenvalue weighted by atomic mass is 35.5. The number of carboxylic acids is 1. The maximum absolute atomic E-state index is 13.4. The van der Waals surface area contributed by atoms with Crippen LogP contribution in [-0.2, 0) is 20.9 Å².